The molecule has 0 bridgehead atoms. The zero-order chi connectivity index (χ0) is 26.3. The second-order valence-corrected chi connectivity index (χ2v) is 11.4. The van der Waals surface area contributed by atoms with Crippen LogP contribution in [0.25, 0.3) is 0 Å². The fraction of sp³-hybridized carbons (Fsp3) is 0.517. The van der Waals surface area contributed by atoms with E-state index in [1.807, 2.05) is 31.2 Å². The SMILES string of the molecule is CC[C@@H](C(=O)NC1CCCCC1)N(Cc1ccc(Cl)cc1Cl)C(=O)COc1ccc(C(C)(C)C)cc1. The number of hydrogen-bond donors (Lipinski definition) is 1. The van der Waals surface area contributed by atoms with Crippen LogP contribution in [0, 0.1) is 0 Å². The molecule has 7 heteroatoms. The standard InChI is InChI=1S/C29H38Cl2N2O3/c1-5-26(28(35)32-23-9-7-6-8-10-23)33(18-20-11-14-22(30)17-25(20)31)27(34)19-36-24-15-12-21(13-16-24)29(2,3)4/h11-17,23,26H,5-10,18-19H2,1-4H3,(H,32,35)/t26-/m0/s1. The van der Waals surface area contributed by atoms with E-state index < -0.39 is 6.04 Å². The molecule has 5 nitrogen and oxygen atoms in total. The number of ether oxygens (including phenoxy) is 1. The molecule has 2 aromatic carbocycles. The van der Waals surface area contributed by atoms with Crippen molar-refractivity contribution < 1.29 is 14.3 Å². The zero-order valence-electron chi connectivity index (χ0n) is 21.8. The first kappa shape index (κ1) is 28.3. The average Bonchev–Trinajstić information content (AvgIpc) is 2.84. The van der Waals surface area contributed by atoms with Gasteiger partial charge in [0.1, 0.15) is 11.8 Å². The Morgan fingerprint density at radius 1 is 1.06 bits per heavy atom. The maximum atomic E-state index is 13.5. The van der Waals surface area contributed by atoms with Crippen LogP contribution in [0.5, 0.6) is 5.75 Å². The van der Waals surface area contributed by atoms with Gasteiger partial charge in [-0.25, -0.2) is 0 Å². The molecule has 0 unspecified atom stereocenters. The zero-order valence-corrected chi connectivity index (χ0v) is 23.3. The minimum Gasteiger partial charge on any atom is -0.484 e. The van der Waals surface area contributed by atoms with Crippen molar-refractivity contribution in [3.05, 3.63) is 63.6 Å². The molecular weight excluding hydrogens is 495 g/mol. The number of halogens is 2. The molecule has 1 N–H and O–H groups in total. The van der Waals surface area contributed by atoms with Crippen molar-refractivity contribution in [2.45, 2.75) is 90.3 Å². The summed E-state index contributed by atoms with van der Waals surface area (Å²) in [5.74, 6) is 0.212. The van der Waals surface area contributed by atoms with E-state index >= 15 is 0 Å². The predicted octanol–water partition coefficient (Wildman–Crippen LogP) is 6.93. The van der Waals surface area contributed by atoms with Gasteiger partial charge in [0.2, 0.25) is 5.91 Å². The van der Waals surface area contributed by atoms with Crippen LogP contribution in [0.3, 0.4) is 0 Å². The van der Waals surface area contributed by atoms with Crippen LogP contribution in [0.15, 0.2) is 42.5 Å². The Morgan fingerprint density at radius 3 is 2.31 bits per heavy atom. The molecule has 1 saturated carbocycles. The second-order valence-electron chi connectivity index (χ2n) is 10.6. The Balaban J connectivity index is 1.77. The molecule has 0 heterocycles. The van der Waals surface area contributed by atoms with Gasteiger partial charge in [-0.15, -0.1) is 0 Å². The fourth-order valence-corrected chi connectivity index (χ4v) is 5.04. The summed E-state index contributed by atoms with van der Waals surface area (Å²) in [6.45, 7) is 8.38. The van der Waals surface area contributed by atoms with Gasteiger partial charge in [-0.05, 0) is 60.1 Å². The number of nitrogens with one attached hydrogen (secondary N) is 1. The third kappa shape index (κ3) is 7.88. The molecule has 0 radical (unpaired) electrons. The maximum absolute atomic E-state index is 13.5. The Morgan fingerprint density at radius 2 is 1.72 bits per heavy atom. The normalized spacial score (nSPS) is 15.3. The van der Waals surface area contributed by atoms with E-state index in [9.17, 15) is 9.59 Å². The van der Waals surface area contributed by atoms with Gasteiger partial charge in [-0.1, -0.05) is 88.4 Å². The van der Waals surface area contributed by atoms with Crippen molar-refractivity contribution in [2.75, 3.05) is 6.61 Å². The number of amides is 2. The molecular formula is C29H38Cl2N2O3. The molecule has 0 aromatic heterocycles. The lowest BCUT2D eigenvalue weighted by Gasteiger charge is -2.33. The molecule has 3 rings (SSSR count). The lowest BCUT2D eigenvalue weighted by molar-refractivity contribution is -0.143. The van der Waals surface area contributed by atoms with Crippen molar-refractivity contribution in [3.63, 3.8) is 0 Å². The van der Waals surface area contributed by atoms with Crippen molar-refractivity contribution in [1.82, 2.24) is 10.2 Å². The summed E-state index contributed by atoms with van der Waals surface area (Å²) >= 11 is 12.5. The van der Waals surface area contributed by atoms with Gasteiger partial charge in [0.15, 0.2) is 6.61 Å². The highest BCUT2D eigenvalue weighted by Gasteiger charge is 2.31. The van der Waals surface area contributed by atoms with Gasteiger partial charge in [-0.3, -0.25) is 9.59 Å². The fourth-order valence-electron chi connectivity index (χ4n) is 4.58. The third-order valence-corrected chi connectivity index (χ3v) is 7.36. The quantitative estimate of drug-likeness (QED) is 0.381. The van der Waals surface area contributed by atoms with Gasteiger partial charge in [0, 0.05) is 22.6 Å². The van der Waals surface area contributed by atoms with E-state index in [4.69, 9.17) is 27.9 Å². The molecule has 1 atom stereocenters. The minimum atomic E-state index is -0.627. The molecule has 1 aliphatic carbocycles. The van der Waals surface area contributed by atoms with Gasteiger partial charge in [-0.2, -0.15) is 0 Å². The van der Waals surface area contributed by atoms with Crippen molar-refractivity contribution in [2.24, 2.45) is 0 Å². The lowest BCUT2D eigenvalue weighted by atomic mass is 9.87. The molecule has 1 fully saturated rings. The van der Waals surface area contributed by atoms with Crippen molar-refractivity contribution >= 4 is 35.0 Å². The number of nitrogens with zero attached hydrogens (tertiary/aromatic N) is 1. The van der Waals surface area contributed by atoms with Crippen LogP contribution < -0.4 is 10.1 Å². The van der Waals surface area contributed by atoms with Crippen LogP contribution in [0.2, 0.25) is 10.0 Å². The highest BCUT2D eigenvalue weighted by atomic mass is 35.5. The predicted molar refractivity (Wildman–Crippen MR) is 147 cm³/mol. The number of benzene rings is 2. The van der Waals surface area contributed by atoms with Gasteiger partial charge in [0.25, 0.3) is 5.91 Å². The summed E-state index contributed by atoms with van der Waals surface area (Å²) in [7, 11) is 0. The number of rotatable bonds is 9. The van der Waals surface area contributed by atoms with E-state index in [0.717, 1.165) is 31.2 Å². The first-order chi connectivity index (χ1) is 17.1. The Kier molecular flexibility index (Phi) is 10.1. The van der Waals surface area contributed by atoms with E-state index in [0.29, 0.717) is 22.2 Å². The van der Waals surface area contributed by atoms with Crippen LogP contribution >= 0.6 is 23.2 Å². The number of hydrogen-bond acceptors (Lipinski definition) is 3. The van der Waals surface area contributed by atoms with E-state index in [-0.39, 0.29) is 36.4 Å². The second kappa shape index (κ2) is 12.8. The monoisotopic (exact) mass is 532 g/mol. The average molecular weight is 534 g/mol. The van der Waals surface area contributed by atoms with Crippen LogP contribution in [0.4, 0.5) is 0 Å². The number of carbonyl (C=O) groups excluding carboxylic acids is 2. The molecule has 36 heavy (non-hydrogen) atoms. The first-order valence-electron chi connectivity index (χ1n) is 12.9. The topological polar surface area (TPSA) is 58.6 Å². The molecule has 0 saturated heterocycles. The Bertz CT molecular complexity index is 1030. The molecule has 0 spiro atoms. The number of carbonyl (C=O) groups is 2. The summed E-state index contributed by atoms with van der Waals surface area (Å²) in [6.07, 6.45) is 5.88. The molecule has 2 aromatic rings. The smallest absolute Gasteiger partial charge is 0.261 e. The van der Waals surface area contributed by atoms with Crippen molar-refractivity contribution in [1.29, 1.82) is 0 Å². The van der Waals surface area contributed by atoms with Gasteiger partial charge >= 0.3 is 0 Å². The van der Waals surface area contributed by atoms with E-state index in [1.165, 1.54) is 12.0 Å². The van der Waals surface area contributed by atoms with E-state index in [1.54, 1.807) is 23.1 Å². The molecule has 1 aliphatic rings. The van der Waals surface area contributed by atoms with Gasteiger partial charge in [0.05, 0.1) is 0 Å². The first-order valence-corrected chi connectivity index (χ1v) is 13.6. The highest BCUT2D eigenvalue weighted by Crippen LogP contribution is 2.26. The molecule has 196 valence electrons. The summed E-state index contributed by atoms with van der Waals surface area (Å²) in [6, 6.07) is 12.5. The van der Waals surface area contributed by atoms with Gasteiger partial charge < -0.3 is 15.0 Å². The maximum Gasteiger partial charge on any atom is 0.261 e. The largest absolute Gasteiger partial charge is 0.484 e. The van der Waals surface area contributed by atoms with Crippen LogP contribution in [-0.2, 0) is 21.5 Å². The van der Waals surface area contributed by atoms with E-state index in [2.05, 4.69) is 26.1 Å². The van der Waals surface area contributed by atoms with Crippen LogP contribution in [-0.4, -0.2) is 35.4 Å². The summed E-state index contributed by atoms with van der Waals surface area (Å²) < 4.78 is 5.85. The summed E-state index contributed by atoms with van der Waals surface area (Å²) in [5, 5.41) is 4.16. The van der Waals surface area contributed by atoms with Crippen LogP contribution in [0.1, 0.15) is 77.3 Å². The lowest BCUT2D eigenvalue weighted by Crippen LogP contribution is -2.52. The Labute approximate surface area is 225 Å². The Hall–Kier alpha value is -2.24. The molecule has 0 aliphatic heterocycles. The summed E-state index contributed by atoms with van der Waals surface area (Å²) in [4.78, 5) is 28.4. The summed E-state index contributed by atoms with van der Waals surface area (Å²) in [5.41, 5.74) is 1.95. The highest BCUT2D eigenvalue weighted by molar-refractivity contribution is 6.35. The third-order valence-electron chi connectivity index (χ3n) is 6.78. The minimum absolute atomic E-state index is 0.0308. The molecule has 2 amide bonds. The van der Waals surface area contributed by atoms with Crippen molar-refractivity contribution in [3.8, 4) is 5.75 Å².